The van der Waals surface area contributed by atoms with Gasteiger partial charge in [0.05, 0.1) is 0 Å². The fourth-order valence-electron chi connectivity index (χ4n) is 2.07. The summed E-state index contributed by atoms with van der Waals surface area (Å²) in [6, 6.07) is 22.2. The van der Waals surface area contributed by atoms with Crippen LogP contribution in [-0.2, 0) is 0 Å². The maximum Gasteiger partial charge on any atom is 0.139 e. The van der Waals surface area contributed by atoms with Crippen LogP contribution in [0.4, 0.5) is 11.5 Å². The van der Waals surface area contributed by atoms with Gasteiger partial charge in [0.25, 0.3) is 0 Å². The van der Waals surface area contributed by atoms with Crippen molar-refractivity contribution < 1.29 is 0 Å². The van der Waals surface area contributed by atoms with Crippen LogP contribution in [0.15, 0.2) is 77.4 Å². The van der Waals surface area contributed by atoms with Crippen LogP contribution in [0.5, 0.6) is 0 Å². The molecule has 0 bridgehead atoms. The number of anilines is 2. The lowest BCUT2D eigenvalue weighted by Crippen LogP contribution is -1.96. The third kappa shape index (κ3) is 2.73. The van der Waals surface area contributed by atoms with Crippen molar-refractivity contribution in [2.75, 3.05) is 5.32 Å². The third-order valence-electron chi connectivity index (χ3n) is 3.00. The quantitative estimate of drug-likeness (QED) is 0.711. The summed E-state index contributed by atoms with van der Waals surface area (Å²) in [6.45, 7) is 0. The predicted molar refractivity (Wildman–Crippen MR) is 87.1 cm³/mol. The van der Waals surface area contributed by atoms with Gasteiger partial charge in [-0.15, -0.1) is 0 Å². The molecule has 1 N–H and O–H groups in total. The molecule has 0 radical (unpaired) electrons. The summed E-state index contributed by atoms with van der Waals surface area (Å²) in [5, 5.41) is 3.37. The molecule has 3 rings (SSSR count). The van der Waals surface area contributed by atoms with Crippen molar-refractivity contribution in [1.82, 2.24) is 4.98 Å². The average molecular weight is 325 g/mol. The Labute approximate surface area is 126 Å². The van der Waals surface area contributed by atoms with E-state index in [0.29, 0.717) is 0 Å². The number of benzene rings is 2. The Morgan fingerprint density at radius 2 is 1.45 bits per heavy atom. The normalized spacial score (nSPS) is 10.2. The first-order valence-electron chi connectivity index (χ1n) is 6.36. The van der Waals surface area contributed by atoms with Crippen molar-refractivity contribution in [2.45, 2.75) is 0 Å². The summed E-state index contributed by atoms with van der Waals surface area (Å²) >= 11 is 3.62. The van der Waals surface area contributed by atoms with E-state index in [2.05, 4.69) is 38.4 Å². The number of halogens is 1. The van der Waals surface area contributed by atoms with E-state index in [4.69, 9.17) is 0 Å². The highest BCUT2D eigenvalue weighted by atomic mass is 79.9. The fraction of sp³-hybridized carbons (Fsp3) is 0. The molecule has 2 nitrogen and oxygen atoms in total. The summed E-state index contributed by atoms with van der Waals surface area (Å²) in [5.41, 5.74) is 3.22. The van der Waals surface area contributed by atoms with Gasteiger partial charge in [-0.25, -0.2) is 4.98 Å². The van der Waals surface area contributed by atoms with Crippen molar-refractivity contribution in [3.8, 4) is 11.1 Å². The van der Waals surface area contributed by atoms with Gasteiger partial charge < -0.3 is 5.32 Å². The molecule has 98 valence electrons. The van der Waals surface area contributed by atoms with E-state index < -0.39 is 0 Å². The lowest BCUT2D eigenvalue weighted by atomic mass is 10.1. The van der Waals surface area contributed by atoms with Crippen LogP contribution in [0.25, 0.3) is 11.1 Å². The highest BCUT2D eigenvalue weighted by Crippen LogP contribution is 2.34. The van der Waals surface area contributed by atoms with E-state index in [1.54, 1.807) is 6.20 Å². The minimum Gasteiger partial charge on any atom is -0.340 e. The zero-order chi connectivity index (χ0) is 13.8. The molecular weight excluding hydrogens is 312 g/mol. The Balaban J connectivity index is 2.06. The molecule has 0 aliphatic carbocycles. The molecule has 2 aromatic carbocycles. The van der Waals surface area contributed by atoms with Crippen LogP contribution in [0.1, 0.15) is 0 Å². The zero-order valence-electron chi connectivity index (χ0n) is 10.8. The molecular formula is C17H13BrN2. The number of nitrogens with one attached hydrogen (secondary N) is 1. The Morgan fingerprint density at radius 1 is 0.800 bits per heavy atom. The Bertz CT molecular complexity index is 697. The molecule has 0 fully saturated rings. The number of hydrogen-bond donors (Lipinski definition) is 1. The van der Waals surface area contributed by atoms with Crippen molar-refractivity contribution >= 4 is 27.4 Å². The Kier molecular flexibility index (Phi) is 3.79. The molecule has 0 spiro atoms. The number of nitrogens with zero attached hydrogens (tertiary/aromatic N) is 1. The number of pyridine rings is 1. The van der Waals surface area contributed by atoms with Gasteiger partial charge in [-0.05, 0) is 39.7 Å². The molecule has 0 saturated carbocycles. The second kappa shape index (κ2) is 5.88. The molecule has 1 heterocycles. The van der Waals surface area contributed by atoms with E-state index in [9.17, 15) is 0 Å². The first-order chi connectivity index (χ1) is 9.84. The van der Waals surface area contributed by atoms with Crippen LogP contribution >= 0.6 is 15.9 Å². The highest BCUT2D eigenvalue weighted by Gasteiger charge is 2.10. The SMILES string of the molecule is Brc1ccnc(Nc2ccccc2)c1-c1ccccc1. The third-order valence-corrected chi connectivity index (χ3v) is 3.66. The number of para-hydroxylation sites is 1. The second-order valence-corrected chi connectivity index (χ2v) is 5.23. The topological polar surface area (TPSA) is 24.9 Å². The summed E-state index contributed by atoms with van der Waals surface area (Å²) in [5.74, 6) is 0.844. The second-order valence-electron chi connectivity index (χ2n) is 4.37. The number of aromatic nitrogens is 1. The van der Waals surface area contributed by atoms with Gasteiger partial charge in [0, 0.05) is 21.9 Å². The van der Waals surface area contributed by atoms with Crippen molar-refractivity contribution in [1.29, 1.82) is 0 Å². The van der Waals surface area contributed by atoms with Crippen LogP contribution in [0.3, 0.4) is 0 Å². The minimum atomic E-state index is 0.844. The highest BCUT2D eigenvalue weighted by molar-refractivity contribution is 9.10. The van der Waals surface area contributed by atoms with Crippen LogP contribution in [0, 0.1) is 0 Å². The van der Waals surface area contributed by atoms with Gasteiger partial charge in [-0.2, -0.15) is 0 Å². The monoisotopic (exact) mass is 324 g/mol. The van der Waals surface area contributed by atoms with Gasteiger partial charge in [0.1, 0.15) is 5.82 Å². The Morgan fingerprint density at radius 3 is 2.15 bits per heavy atom. The minimum absolute atomic E-state index is 0.844. The maximum atomic E-state index is 4.47. The average Bonchev–Trinajstić information content (AvgIpc) is 2.49. The molecule has 0 atom stereocenters. The molecule has 20 heavy (non-hydrogen) atoms. The van der Waals surface area contributed by atoms with E-state index in [1.165, 1.54) is 0 Å². The van der Waals surface area contributed by atoms with Gasteiger partial charge in [0.15, 0.2) is 0 Å². The lowest BCUT2D eigenvalue weighted by Gasteiger charge is -2.12. The van der Waals surface area contributed by atoms with E-state index >= 15 is 0 Å². The molecule has 3 aromatic rings. The largest absolute Gasteiger partial charge is 0.340 e. The van der Waals surface area contributed by atoms with E-state index in [1.807, 2.05) is 54.6 Å². The zero-order valence-corrected chi connectivity index (χ0v) is 12.3. The molecule has 1 aromatic heterocycles. The van der Waals surface area contributed by atoms with Gasteiger partial charge in [-0.3, -0.25) is 0 Å². The van der Waals surface area contributed by atoms with Crippen LogP contribution in [-0.4, -0.2) is 4.98 Å². The predicted octanol–water partition coefficient (Wildman–Crippen LogP) is 5.25. The summed E-state index contributed by atoms with van der Waals surface area (Å²) in [4.78, 5) is 4.47. The maximum absolute atomic E-state index is 4.47. The number of hydrogen-bond acceptors (Lipinski definition) is 2. The van der Waals surface area contributed by atoms with Crippen LogP contribution in [0.2, 0.25) is 0 Å². The fourth-order valence-corrected chi connectivity index (χ4v) is 2.61. The Hall–Kier alpha value is -2.13. The molecule has 0 aliphatic heterocycles. The van der Waals surface area contributed by atoms with Crippen LogP contribution < -0.4 is 5.32 Å². The molecule has 3 heteroatoms. The molecule has 0 aliphatic rings. The standard InChI is InChI=1S/C17H13BrN2/c18-15-11-12-19-17(20-14-9-5-2-6-10-14)16(15)13-7-3-1-4-8-13/h1-12H,(H,19,20). The summed E-state index contributed by atoms with van der Waals surface area (Å²) in [7, 11) is 0. The van der Waals surface area contributed by atoms with E-state index in [0.717, 1.165) is 27.1 Å². The molecule has 0 saturated heterocycles. The van der Waals surface area contributed by atoms with Gasteiger partial charge in [0.2, 0.25) is 0 Å². The smallest absolute Gasteiger partial charge is 0.139 e. The first-order valence-corrected chi connectivity index (χ1v) is 7.16. The summed E-state index contributed by atoms with van der Waals surface area (Å²) in [6.07, 6.45) is 1.79. The van der Waals surface area contributed by atoms with Crippen molar-refractivity contribution in [3.63, 3.8) is 0 Å². The molecule has 0 unspecified atom stereocenters. The number of rotatable bonds is 3. The van der Waals surface area contributed by atoms with Crippen molar-refractivity contribution in [2.24, 2.45) is 0 Å². The first kappa shape index (κ1) is 12.9. The van der Waals surface area contributed by atoms with Crippen molar-refractivity contribution in [3.05, 3.63) is 77.4 Å². The lowest BCUT2D eigenvalue weighted by molar-refractivity contribution is 1.30. The summed E-state index contributed by atoms with van der Waals surface area (Å²) < 4.78 is 1.03. The molecule has 0 amide bonds. The van der Waals surface area contributed by atoms with Gasteiger partial charge >= 0.3 is 0 Å². The van der Waals surface area contributed by atoms with E-state index in [-0.39, 0.29) is 0 Å². The van der Waals surface area contributed by atoms with Gasteiger partial charge in [-0.1, -0.05) is 48.5 Å².